The molecule has 4 N–H and O–H groups in total. The predicted molar refractivity (Wildman–Crippen MR) is 65.3 cm³/mol. The van der Waals surface area contributed by atoms with Gasteiger partial charge in [0.2, 0.25) is 5.91 Å². The number of carbonyl (C=O) groups is 2. The lowest BCUT2D eigenvalue weighted by atomic mass is 10.1. The summed E-state index contributed by atoms with van der Waals surface area (Å²) >= 11 is 5.74. The van der Waals surface area contributed by atoms with E-state index in [1.54, 1.807) is 6.92 Å². The highest BCUT2D eigenvalue weighted by molar-refractivity contribution is 6.31. The number of hydrogen-bond donors (Lipinski definition) is 3. The number of carboxylic acid groups (broad SMARTS) is 1. The summed E-state index contributed by atoms with van der Waals surface area (Å²) < 4.78 is 0. The fourth-order valence-electron chi connectivity index (χ4n) is 1.22. The third-order valence-corrected chi connectivity index (χ3v) is 2.48. The van der Waals surface area contributed by atoms with Gasteiger partial charge >= 0.3 is 5.97 Å². The van der Waals surface area contributed by atoms with E-state index in [2.05, 4.69) is 5.32 Å². The second-order valence-electron chi connectivity index (χ2n) is 3.50. The van der Waals surface area contributed by atoms with Gasteiger partial charge in [0.15, 0.2) is 0 Å². The van der Waals surface area contributed by atoms with Gasteiger partial charge in [0.1, 0.15) is 0 Å². The monoisotopic (exact) mass is 256 g/mol. The van der Waals surface area contributed by atoms with Gasteiger partial charge in [-0.05, 0) is 24.6 Å². The van der Waals surface area contributed by atoms with Crippen LogP contribution in [0, 0.1) is 0 Å². The largest absolute Gasteiger partial charge is 0.478 e. The topological polar surface area (TPSA) is 92.4 Å². The van der Waals surface area contributed by atoms with Crippen LogP contribution in [0.15, 0.2) is 18.2 Å². The van der Waals surface area contributed by atoms with E-state index in [0.29, 0.717) is 11.4 Å². The van der Waals surface area contributed by atoms with E-state index in [4.69, 9.17) is 22.4 Å². The summed E-state index contributed by atoms with van der Waals surface area (Å²) in [6.07, 6.45) is 0.467. The summed E-state index contributed by atoms with van der Waals surface area (Å²) in [5.41, 5.74) is 5.67. The molecule has 0 aromatic heterocycles. The fourth-order valence-corrected chi connectivity index (χ4v) is 1.39. The minimum Gasteiger partial charge on any atom is -0.478 e. The molecule has 0 saturated heterocycles. The highest BCUT2D eigenvalue weighted by atomic mass is 35.5. The Morgan fingerprint density at radius 3 is 2.71 bits per heavy atom. The molecule has 0 aliphatic heterocycles. The molecule has 0 aliphatic carbocycles. The van der Waals surface area contributed by atoms with Gasteiger partial charge in [0.05, 0.1) is 17.3 Å². The molecule has 0 bridgehead atoms. The molecule has 0 radical (unpaired) electrons. The fraction of sp³-hybridized carbons (Fsp3) is 0.273. The summed E-state index contributed by atoms with van der Waals surface area (Å²) in [5.74, 6) is -1.57. The van der Waals surface area contributed by atoms with Crippen molar-refractivity contribution in [3.05, 3.63) is 28.8 Å². The van der Waals surface area contributed by atoms with Crippen molar-refractivity contribution < 1.29 is 14.7 Å². The van der Waals surface area contributed by atoms with E-state index in [-0.39, 0.29) is 11.3 Å². The summed E-state index contributed by atoms with van der Waals surface area (Å²) in [4.78, 5) is 22.5. The van der Waals surface area contributed by atoms with E-state index in [9.17, 15) is 9.59 Å². The maximum atomic E-state index is 11.6. The third kappa shape index (κ3) is 3.44. The molecule has 1 amide bonds. The quantitative estimate of drug-likeness (QED) is 0.765. The van der Waals surface area contributed by atoms with Crippen LogP contribution in [0.4, 0.5) is 5.69 Å². The molecule has 1 aromatic rings. The first-order valence-electron chi connectivity index (χ1n) is 5.05. The first kappa shape index (κ1) is 13.5. The van der Waals surface area contributed by atoms with E-state index >= 15 is 0 Å². The molecule has 0 aliphatic rings. The molecule has 92 valence electrons. The van der Waals surface area contributed by atoms with E-state index < -0.39 is 17.9 Å². The lowest BCUT2D eigenvalue weighted by Gasteiger charge is -2.12. The Labute approximate surface area is 104 Å². The number of carboxylic acids is 1. The molecule has 0 fully saturated rings. The van der Waals surface area contributed by atoms with Gasteiger partial charge in [-0.25, -0.2) is 4.79 Å². The standard InChI is InChI=1S/C11H13ClN2O3/c1-2-8(13)10(15)14-9-5-6(12)3-4-7(9)11(16)17/h3-5,8H,2,13H2,1H3,(H,14,15)(H,16,17)/t8-/m0/s1. The lowest BCUT2D eigenvalue weighted by Crippen LogP contribution is -2.35. The SMILES string of the molecule is CC[C@H](N)C(=O)Nc1cc(Cl)ccc1C(=O)O. The molecule has 0 unspecified atom stereocenters. The van der Waals surface area contributed by atoms with Crippen molar-refractivity contribution >= 4 is 29.2 Å². The lowest BCUT2D eigenvalue weighted by molar-refractivity contribution is -0.117. The van der Waals surface area contributed by atoms with Crippen molar-refractivity contribution in [1.82, 2.24) is 0 Å². The first-order valence-corrected chi connectivity index (χ1v) is 5.42. The number of aromatic carboxylic acids is 1. The molecule has 0 saturated carbocycles. The molecule has 6 heteroatoms. The summed E-state index contributed by atoms with van der Waals surface area (Å²) in [6, 6.07) is 3.49. The van der Waals surface area contributed by atoms with E-state index in [1.165, 1.54) is 18.2 Å². The maximum Gasteiger partial charge on any atom is 0.337 e. The molecular formula is C11H13ClN2O3. The minimum absolute atomic E-state index is 0.0222. The van der Waals surface area contributed by atoms with Crippen molar-refractivity contribution in [2.45, 2.75) is 19.4 Å². The van der Waals surface area contributed by atoms with Gasteiger partial charge in [0, 0.05) is 5.02 Å². The van der Waals surface area contributed by atoms with Crippen molar-refractivity contribution in [1.29, 1.82) is 0 Å². The van der Waals surface area contributed by atoms with Crippen LogP contribution in [0.25, 0.3) is 0 Å². The molecule has 1 rings (SSSR count). The second-order valence-corrected chi connectivity index (χ2v) is 3.94. The van der Waals surface area contributed by atoms with Gasteiger partial charge in [0.25, 0.3) is 0 Å². The number of amides is 1. The van der Waals surface area contributed by atoms with Crippen LogP contribution in [-0.2, 0) is 4.79 Å². The average Bonchev–Trinajstić information content (AvgIpc) is 2.27. The number of nitrogens with two attached hydrogens (primary N) is 1. The molecule has 0 spiro atoms. The zero-order valence-electron chi connectivity index (χ0n) is 9.24. The van der Waals surface area contributed by atoms with Gasteiger partial charge < -0.3 is 16.2 Å². The Morgan fingerprint density at radius 2 is 2.18 bits per heavy atom. The number of nitrogens with one attached hydrogen (secondary N) is 1. The molecule has 1 atom stereocenters. The van der Waals surface area contributed by atoms with Gasteiger partial charge in [-0.15, -0.1) is 0 Å². The molecule has 0 heterocycles. The summed E-state index contributed by atoms with van der Waals surface area (Å²) in [6.45, 7) is 1.76. The molecule has 17 heavy (non-hydrogen) atoms. The van der Waals surface area contributed by atoms with Crippen LogP contribution in [0.3, 0.4) is 0 Å². The average molecular weight is 257 g/mol. The number of benzene rings is 1. The highest BCUT2D eigenvalue weighted by Crippen LogP contribution is 2.21. The normalized spacial score (nSPS) is 11.9. The van der Waals surface area contributed by atoms with Crippen LogP contribution in [0.1, 0.15) is 23.7 Å². The zero-order chi connectivity index (χ0) is 13.0. The highest BCUT2D eigenvalue weighted by Gasteiger charge is 2.16. The van der Waals surface area contributed by atoms with Crippen molar-refractivity contribution in [2.75, 3.05) is 5.32 Å². The van der Waals surface area contributed by atoms with Crippen molar-refractivity contribution in [3.63, 3.8) is 0 Å². The van der Waals surface area contributed by atoms with Gasteiger partial charge in [-0.3, -0.25) is 4.79 Å². The van der Waals surface area contributed by atoms with Gasteiger partial charge in [-0.2, -0.15) is 0 Å². The Morgan fingerprint density at radius 1 is 1.53 bits per heavy atom. The smallest absolute Gasteiger partial charge is 0.337 e. The number of carbonyl (C=O) groups excluding carboxylic acids is 1. The van der Waals surface area contributed by atoms with Crippen LogP contribution < -0.4 is 11.1 Å². The Bertz CT molecular complexity index is 448. The van der Waals surface area contributed by atoms with Crippen LogP contribution >= 0.6 is 11.6 Å². The van der Waals surface area contributed by atoms with Crippen LogP contribution in [0.5, 0.6) is 0 Å². The van der Waals surface area contributed by atoms with E-state index in [1.807, 2.05) is 0 Å². The molecule has 5 nitrogen and oxygen atoms in total. The van der Waals surface area contributed by atoms with Gasteiger partial charge in [-0.1, -0.05) is 18.5 Å². The van der Waals surface area contributed by atoms with Crippen molar-refractivity contribution in [2.24, 2.45) is 5.73 Å². The van der Waals surface area contributed by atoms with E-state index in [0.717, 1.165) is 0 Å². The molecular weight excluding hydrogens is 244 g/mol. The second kappa shape index (κ2) is 5.65. The zero-order valence-corrected chi connectivity index (χ0v) is 9.99. The molecule has 1 aromatic carbocycles. The maximum absolute atomic E-state index is 11.6. The van der Waals surface area contributed by atoms with Crippen LogP contribution in [-0.4, -0.2) is 23.0 Å². The Balaban J connectivity index is 3.00. The Hall–Kier alpha value is -1.59. The van der Waals surface area contributed by atoms with Crippen LogP contribution in [0.2, 0.25) is 5.02 Å². The summed E-state index contributed by atoms with van der Waals surface area (Å²) in [5, 5.41) is 11.7. The number of anilines is 1. The summed E-state index contributed by atoms with van der Waals surface area (Å²) in [7, 11) is 0. The minimum atomic E-state index is -1.14. The number of hydrogen-bond acceptors (Lipinski definition) is 3. The number of rotatable bonds is 4. The third-order valence-electron chi connectivity index (χ3n) is 2.25. The Kier molecular flexibility index (Phi) is 4.48. The van der Waals surface area contributed by atoms with Crippen molar-refractivity contribution in [3.8, 4) is 0 Å². The first-order chi connectivity index (χ1) is 7.95. The number of halogens is 1. The predicted octanol–water partition coefficient (Wildman–Crippen LogP) is 1.71.